The monoisotopic (exact) mass is 494 g/mol. The highest BCUT2D eigenvalue weighted by atomic mass is 35.5. The molecular weight excluding hydrogens is 471 g/mol. The summed E-state index contributed by atoms with van der Waals surface area (Å²) in [4.78, 5) is 32.9. The molecule has 0 aliphatic rings. The lowest BCUT2D eigenvalue weighted by molar-refractivity contribution is 0.205. The summed E-state index contributed by atoms with van der Waals surface area (Å²) in [7, 11) is 1.66. The van der Waals surface area contributed by atoms with Crippen molar-refractivity contribution in [1.29, 1.82) is 0 Å². The highest BCUT2D eigenvalue weighted by molar-refractivity contribution is 6.42. The van der Waals surface area contributed by atoms with Crippen LogP contribution < -0.4 is 10.9 Å². The topological polar surface area (TPSA) is 67.2 Å². The first-order chi connectivity index (χ1) is 16.3. The third-order valence-corrected chi connectivity index (χ3v) is 6.59. The zero-order chi connectivity index (χ0) is 24.4. The van der Waals surface area contributed by atoms with Gasteiger partial charge >= 0.3 is 6.03 Å². The molecule has 174 valence electrons. The summed E-state index contributed by atoms with van der Waals surface area (Å²) in [5.41, 5.74) is 2.76. The average Bonchev–Trinajstić information content (AvgIpc) is 2.85. The van der Waals surface area contributed by atoms with E-state index in [1.807, 2.05) is 43.3 Å². The number of aryl methyl sites for hydroxylation is 1. The van der Waals surface area contributed by atoms with Crippen molar-refractivity contribution in [3.05, 3.63) is 98.5 Å². The summed E-state index contributed by atoms with van der Waals surface area (Å²) in [5.74, 6) is 0.458. The maximum Gasteiger partial charge on any atom is 0.322 e. The first-order valence-electron chi connectivity index (χ1n) is 10.9. The lowest BCUT2D eigenvalue weighted by Gasteiger charge is -2.27. The van der Waals surface area contributed by atoms with Crippen LogP contribution in [0.4, 0.5) is 10.5 Å². The van der Waals surface area contributed by atoms with E-state index in [-0.39, 0.29) is 11.6 Å². The van der Waals surface area contributed by atoms with Gasteiger partial charge in [0.25, 0.3) is 5.56 Å². The van der Waals surface area contributed by atoms with Crippen LogP contribution in [0.15, 0.2) is 71.5 Å². The fourth-order valence-corrected chi connectivity index (χ4v) is 3.99. The average molecular weight is 495 g/mol. The molecule has 1 unspecified atom stereocenters. The van der Waals surface area contributed by atoms with E-state index < -0.39 is 6.04 Å². The Morgan fingerprint density at radius 3 is 2.44 bits per heavy atom. The Hall–Kier alpha value is -3.35. The molecule has 34 heavy (non-hydrogen) atoms. The van der Waals surface area contributed by atoms with Gasteiger partial charge in [-0.3, -0.25) is 9.36 Å². The van der Waals surface area contributed by atoms with Gasteiger partial charge in [0.2, 0.25) is 0 Å². The molecule has 0 radical (unpaired) electrons. The molecule has 4 aromatic rings. The predicted molar refractivity (Wildman–Crippen MR) is 138 cm³/mol. The van der Waals surface area contributed by atoms with Gasteiger partial charge in [-0.25, -0.2) is 9.78 Å². The number of hydrogen-bond donors (Lipinski definition) is 1. The number of amides is 2. The molecule has 0 saturated heterocycles. The summed E-state index contributed by atoms with van der Waals surface area (Å²) < 4.78 is 1.58. The van der Waals surface area contributed by atoms with Crippen LogP contribution in [0.5, 0.6) is 0 Å². The highest BCUT2D eigenvalue weighted by Gasteiger charge is 2.24. The molecule has 6 nitrogen and oxygen atoms in total. The van der Waals surface area contributed by atoms with Crippen molar-refractivity contribution in [3.8, 4) is 5.69 Å². The Kier molecular flexibility index (Phi) is 6.91. The standard InChI is InChI=1S/C26H24Cl2N4O2/c1-4-17-9-12-19(13-10-17)32-24(30-23-8-6-5-7-20(23)25(32)33)16(2)31(3)26(34)29-18-11-14-21(27)22(28)15-18/h5-16H,4H2,1-3H3,(H,29,34). The molecule has 0 fully saturated rings. The van der Waals surface area contributed by atoms with Crippen LogP contribution in [0.3, 0.4) is 0 Å². The van der Waals surface area contributed by atoms with Gasteiger partial charge < -0.3 is 10.2 Å². The quantitative estimate of drug-likeness (QED) is 0.345. The Balaban J connectivity index is 1.76. The second-order valence-electron chi connectivity index (χ2n) is 7.99. The normalized spacial score (nSPS) is 11.9. The van der Waals surface area contributed by atoms with Crippen molar-refractivity contribution in [2.45, 2.75) is 26.3 Å². The van der Waals surface area contributed by atoms with Crippen LogP contribution >= 0.6 is 23.2 Å². The van der Waals surface area contributed by atoms with E-state index >= 15 is 0 Å². The summed E-state index contributed by atoms with van der Waals surface area (Å²) >= 11 is 12.0. The maximum atomic E-state index is 13.5. The molecule has 1 heterocycles. The van der Waals surface area contributed by atoms with E-state index in [2.05, 4.69) is 12.2 Å². The molecule has 0 bridgehead atoms. The number of halogens is 2. The van der Waals surface area contributed by atoms with E-state index in [9.17, 15) is 9.59 Å². The molecule has 3 aromatic carbocycles. The molecule has 8 heteroatoms. The van der Waals surface area contributed by atoms with Crippen LogP contribution in [0, 0.1) is 0 Å². The van der Waals surface area contributed by atoms with Crippen molar-refractivity contribution < 1.29 is 4.79 Å². The Morgan fingerprint density at radius 2 is 1.76 bits per heavy atom. The summed E-state index contributed by atoms with van der Waals surface area (Å²) in [5, 5.41) is 4.08. The van der Waals surface area contributed by atoms with Crippen LogP contribution in [0.25, 0.3) is 16.6 Å². The Morgan fingerprint density at radius 1 is 1.06 bits per heavy atom. The molecule has 0 saturated carbocycles. The number of carbonyl (C=O) groups is 1. The van der Waals surface area contributed by atoms with E-state index in [0.717, 1.165) is 6.42 Å². The van der Waals surface area contributed by atoms with Gasteiger partial charge in [0, 0.05) is 12.7 Å². The summed E-state index contributed by atoms with van der Waals surface area (Å²) in [6, 6.07) is 19.0. The van der Waals surface area contributed by atoms with Gasteiger partial charge in [0.1, 0.15) is 5.82 Å². The smallest absolute Gasteiger partial charge is 0.318 e. The van der Waals surface area contributed by atoms with Crippen LogP contribution in [-0.2, 0) is 6.42 Å². The van der Waals surface area contributed by atoms with Crippen molar-refractivity contribution >= 4 is 45.8 Å². The number of nitrogens with one attached hydrogen (secondary N) is 1. The van der Waals surface area contributed by atoms with Crippen molar-refractivity contribution in [1.82, 2.24) is 14.5 Å². The predicted octanol–water partition coefficient (Wildman–Crippen LogP) is 6.48. The minimum atomic E-state index is -0.522. The minimum Gasteiger partial charge on any atom is -0.318 e. The van der Waals surface area contributed by atoms with Crippen LogP contribution in [0.2, 0.25) is 10.0 Å². The number of urea groups is 1. The first-order valence-corrected chi connectivity index (χ1v) is 11.7. The van der Waals surface area contributed by atoms with E-state index in [1.54, 1.807) is 41.9 Å². The third kappa shape index (κ3) is 4.65. The number of nitrogens with zero attached hydrogens (tertiary/aromatic N) is 3. The number of fused-ring (bicyclic) bond motifs is 1. The largest absolute Gasteiger partial charge is 0.322 e. The molecule has 1 atom stereocenters. The van der Waals surface area contributed by atoms with Crippen molar-refractivity contribution in [2.24, 2.45) is 0 Å². The fraction of sp³-hybridized carbons (Fsp3) is 0.192. The fourth-order valence-electron chi connectivity index (χ4n) is 3.70. The Bertz CT molecular complexity index is 1420. The maximum absolute atomic E-state index is 13.5. The molecule has 1 N–H and O–H groups in total. The van der Waals surface area contributed by atoms with Gasteiger partial charge in [0.15, 0.2) is 0 Å². The zero-order valence-corrected chi connectivity index (χ0v) is 20.6. The number of anilines is 1. The van der Waals surface area contributed by atoms with Gasteiger partial charge in [-0.1, -0.05) is 54.4 Å². The number of benzene rings is 3. The minimum absolute atomic E-state index is 0.185. The number of aromatic nitrogens is 2. The van der Waals surface area contributed by atoms with Crippen molar-refractivity contribution in [2.75, 3.05) is 12.4 Å². The number of carbonyl (C=O) groups excluding carboxylic acids is 1. The van der Waals surface area contributed by atoms with E-state index in [0.29, 0.717) is 38.1 Å². The number of para-hydroxylation sites is 1. The third-order valence-electron chi connectivity index (χ3n) is 5.85. The van der Waals surface area contributed by atoms with Gasteiger partial charge in [-0.2, -0.15) is 0 Å². The molecule has 2 amide bonds. The van der Waals surface area contributed by atoms with Gasteiger partial charge in [-0.15, -0.1) is 0 Å². The highest BCUT2D eigenvalue weighted by Crippen LogP contribution is 2.26. The number of rotatable bonds is 5. The van der Waals surface area contributed by atoms with Gasteiger partial charge in [-0.05, 0) is 61.4 Å². The van der Waals surface area contributed by atoms with Crippen molar-refractivity contribution in [3.63, 3.8) is 0 Å². The van der Waals surface area contributed by atoms with E-state index in [4.69, 9.17) is 28.2 Å². The summed E-state index contributed by atoms with van der Waals surface area (Å²) in [6.45, 7) is 3.91. The first kappa shape index (κ1) is 23.8. The molecule has 0 aliphatic carbocycles. The zero-order valence-electron chi connectivity index (χ0n) is 19.0. The lowest BCUT2D eigenvalue weighted by Crippen LogP contribution is -2.37. The van der Waals surface area contributed by atoms with Gasteiger partial charge in [0.05, 0.1) is 32.7 Å². The van der Waals surface area contributed by atoms with Crippen LogP contribution in [-0.4, -0.2) is 27.5 Å². The lowest BCUT2D eigenvalue weighted by atomic mass is 10.1. The molecule has 1 aromatic heterocycles. The molecular formula is C26H24Cl2N4O2. The van der Waals surface area contributed by atoms with E-state index in [1.165, 1.54) is 10.5 Å². The molecule has 4 rings (SSSR count). The Labute approximate surface area is 207 Å². The molecule has 0 spiro atoms. The van der Waals surface area contributed by atoms with Crippen LogP contribution in [0.1, 0.15) is 31.3 Å². The molecule has 0 aliphatic heterocycles. The SMILES string of the molecule is CCc1ccc(-n2c(C(C)N(C)C(=O)Nc3ccc(Cl)c(Cl)c3)nc3ccccc3c2=O)cc1. The number of hydrogen-bond acceptors (Lipinski definition) is 3. The summed E-state index contributed by atoms with van der Waals surface area (Å²) in [6.07, 6.45) is 0.895. The second kappa shape index (κ2) is 9.87. The second-order valence-corrected chi connectivity index (χ2v) is 8.81.